The van der Waals surface area contributed by atoms with E-state index in [4.69, 9.17) is 4.74 Å². The Morgan fingerprint density at radius 2 is 1.84 bits per heavy atom. The summed E-state index contributed by atoms with van der Waals surface area (Å²) < 4.78 is 6.50. The summed E-state index contributed by atoms with van der Waals surface area (Å²) in [5, 5.41) is 15.9. The first-order chi connectivity index (χ1) is 18.1. The summed E-state index contributed by atoms with van der Waals surface area (Å²) in [6.07, 6.45) is 3.50. The molecule has 190 valence electrons. The lowest BCUT2D eigenvalue weighted by Gasteiger charge is -2.10. The second-order valence-electron chi connectivity index (χ2n) is 8.88. The molecule has 37 heavy (non-hydrogen) atoms. The average Bonchev–Trinajstić information content (AvgIpc) is 3.51. The summed E-state index contributed by atoms with van der Waals surface area (Å²) in [5.74, 6) is 0.0579. The number of tetrazole rings is 1. The molecule has 2 heterocycles. The van der Waals surface area contributed by atoms with Gasteiger partial charge in [0, 0.05) is 22.9 Å². The van der Waals surface area contributed by atoms with E-state index in [-0.39, 0.29) is 17.8 Å². The third-order valence-electron chi connectivity index (χ3n) is 6.12. The van der Waals surface area contributed by atoms with Gasteiger partial charge in [-0.1, -0.05) is 61.9 Å². The van der Waals surface area contributed by atoms with Crippen molar-refractivity contribution in [1.82, 2.24) is 25.2 Å². The molecule has 10 heteroatoms. The number of rotatable bonds is 10. The van der Waals surface area contributed by atoms with E-state index in [2.05, 4.69) is 32.7 Å². The van der Waals surface area contributed by atoms with Gasteiger partial charge in [0.05, 0.1) is 6.61 Å². The van der Waals surface area contributed by atoms with Crippen LogP contribution in [0.25, 0.3) is 22.5 Å². The minimum absolute atomic E-state index is 0.0189. The standard InChI is InChI=1S/C27H28N6O3S/c1-3-7-22-23(26(35)36-4-2)29-27(37-22)28-16-17-10-12-18(13-11-17)20-8-5-6-9-21(20)24-30-31-32-33(24)25(34)19-14-15-19/h5-6,8-13,19H,3-4,7,14-16H2,1-2H3,(H,28,29). The van der Waals surface area contributed by atoms with Gasteiger partial charge in [0.25, 0.3) is 5.91 Å². The van der Waals surface area contributed by atoms with Gasteiger partial charge >= 0.3 is 5.97 Å². The number of carbonyl (C=O) groups is 2. The number of anilines is 1. The molecule has 1 fully saturated rings. The molecule has 0 unspecified atom stereocenters. The summed E-state index contributed by atoms with van der Waals surface area (Å²) in [4.78, 5) is 30.4. The van der Waals surface area contributed by atoms with Gasteiger partial charge in [0.15, 0.2) is 16.6 Å². The molecule has 0 radical (unpaired) electrons. The Hall–Kier alpha value is -3.92. The molecule has 4 aromatic rings. The van der Waals surface area contributed by atoms with Crippen LogP contribution in [0.5, 0.6) is 0 Å². The Balaban J connectivity index is 1.32. The van der Waals surface area contributed by atoms with Crippen LogP contribution in [0, 0.1) is 5.92 Å². The third kappa shape index (κ3) is 5.43. The molecule has 1 aliphatic rings. The minimum atomic E-state index is -0.372. The molecular weight excluding hydrogens is 488 g/mol. The zero-order valence-corrected chi connectivity index (χ0v) is 21.6. The first kappa shape index (κ1) is 24.8. The monoisotopic (exact) mass is 516 g/mol. The maximum atomic E-state index is 12.7. The lowest BCUT2D eigenvalue weighted by Crippen LogP contribution is -2.16. The molecule has 0 spiro atoms. The SMILES string of the molecule is CCCc1sc(NCc2ccc(-c3ccccc3-c3nnnn3C(=O)C3CC3)cc2)nc1C(=O)OCC. The smallest absolute Gasteiger partial charge is 0.358 e. The molecule has 1 N–H and O–H groups in total. The van der Waals surface area contributed by atoms with Crippen molar-refractivity contribution in [1.29, 1.82) is 0 Å². The number of thiazole rings is 1. The van der Waals surface area contributed by atoms with E-state index in [1.54, 1.807) is 6.92 Å². The van der Waals surface area contributed by atoms with Crippen molar-refractivity contribution in [2.45, 2.75) is 46.1 Å². The number of esters is 1. The van der Waals surface area contributed by atoms with E-state index in [1.165, 1.54) is 16.0 Å². The number of aryl methyl sites for hydroxylation is 1. The fraction of sp³-hybridized carbons (Fsp3) is 0.333. The Kier molecular flexibility index (Phi) is 7.36. The molecule has 0 saturated heterocycles. The van der Waals surface area contributed by atoms with Crippen molar-refractivity contribution >= 4 is 28.3 Å². The fourth-order valence-corrected chi connectivity index (χ4v) is 5.15. The third-order valence-corrected chi connectivity index (χ3v) is 7.20. The summed E-state index contributed by atoms with van der Waals surface area (Å²) in [7, 11) is 0. The van der Waals surface area contributed by atoms with Crippen LogP contribution in [0.15, 0.2) is 48.5 Å². The quantitative estimate of drug-likeness (QED) is 0.225. The Bertz CT molecular complexity index is 1410. The minimum Gasteiger partial charge on any atom is -0.461 e. The van der Waals surface area contributed by atoms with Crippen LogP contribution in [0.4, 0.5) is 5.13 Å². The zero-order chi connectivity index (χ0) is 25.8. The average molecular weight is 517 g/mol. The number of hydrogen-bond donors (Lipinski definition) is 1. The van der Waals surface area contributed by atoms with Crippen LogP contribution < -0.4 is 5.32 Å². The molecule has 0 atom stereocenters. The van der Waals surface area contributed by atoms with Crippen LogP contribution >= 0.6 is 11.3 Å². The predicted octanol–water partition coefficient (Wildman–Crippen LogP) is 5.26. The fourth-order valence-electron chi connectivity index (χ4n) is 4.10. The van der Waals surface area contributed by atoms with Crippen LogP contribution in [-0.2, 0) is 17.7 Å². The van der Waals surface area contributed by atoms with E-state index in [1.807, 2.05) is 48.5 Å². The maximum Gasteiger partial charge on any atom is 0.358 e. The summed E-state index contributed by atoms with van der Waals surface area (Å²) in [6, 6.07) is 16.0. The van der Waals surface area contributed by atoms with Gasteiger partial charge in [-0.15, -0.1) is 16.4 Å². The summed E-state index contributed by atoms with van der Waals surface area (Å²) >= 11 is 1.50. The molecule has 1 saturated carbocycles. The second kappa shape index (κ2) is 11.0. The van der Waals surface area contributed by atoms with Crippen molar-refractivity contribution in [3.63, 3.8) is 0 Å². The molecule has 2 aromatic heterocycles. The van der Waals surface area contributed by atoms with E-state index >= 15 is 0 Å². The zero-order valence-electron chi connectivity index (χ0n) is 20.8. The molecule has 1 aliphatic carbocycles. The first-order valence-electron chi connectivity index (χ1n) is 12.5. The molecule has 0 amide bonds. The highest BCUT2D eigenvalue weighted by atomic mass is 32.1. The largest absolute Gasteiger partial charge is 0.461 e. The van der Waals surface area contributed by atoms with E-state index < -0.39 is 0 Å². The van der Waals surface area contributed by atoms with Crippen molar-refractivity contribution < 1.29 is 14.3 Å². The van der Waals surface area contributed by atoms with Crippen molar-refractivity contribution in [2.75, 3.05) is 11.9 Å². The van der Waals surface area contributed by atoms with Gasteiger partial charge in [0.2, 0.25) is 0 Å². The van der Waals surface area contributed by atoms with Gasteiger partial charge in [-0.2, -0.15) is 4.68 Å². The Morgan fingerprint density at radius 3 is 2.54 bits per heavy atom. The van der Waals surface area contributed by atoms with Crippen LogP contribution in [0.2, 0.25) is 0 Å². The highest BCUT2D eigenvalue weighted by molar-refractivity contribution is 7.15. The summed E-state index contributed by atoms with van der Waals surface area (Å²) in [5.41, 5.74) is 4.23. The van der Waals surface area contributed by atoms with Crippen molar-refractivity contribution in [2.24, 2.45) is 5.92 Å². The number of carbonyl (C=O) groups excluding carboxylic acids is 2. The highest BCUT2D eigenvalue weighted by Gasteiger charge is 2.33. The van der Waals surface area contributed by atoms with E-state index in [9.17, 15) is 9.59 Å². The van der Waals surface area contributed by atoms with Gasteiger partial charge in [-0.05, 0) is 53.3 Å². The van der Waals surface area contributed by atoms with Crippen LogP contribution in [0.1, 0.15) is 58.8 Å². The molecule has 5 rings (SSSR count). The van der Waals surface area contributed by atoms with Gasteiger partial charge < -0.3 is 10.1 Å². The van der Waals surface area contributed by atoms with Crippen LogP contribution in [-0.4, -0.2) is 43.7 Å². The van der Waals surface area contributed by atoms with Gasteiger partial charge in [0.1, 0.15) is 0 Å². The van der Waals surface area contributed by atoms with Crippen LogP contribution in [0.3, 0.4) is 0 Å². The molecule has 2 aromatic carbocycles. The Labute approximate surface area is 218 Å². The van der Waals surface area contributed by atoms with E-state index in [0.29, 0.717) is 29.8 Å². The summed E-state index contributed by atoms with van der Waals surface area (Å²) in [6.45, 7) is 4.76. The number of nitrogens with zero attached hydrogens (tertiary/aromatic N) is 5. The van der Waals surface area contributed by atoms with Gasteiger partial charge in [-0.25, -0.2) is 9.78 Å². The second-order valence-corrected chi connectivity index (χ2v) is 9.97. The lowest BCUT2D eigenvalue weighted by molar-refractivity contribution is 0.0519. The number of aromatic nitrogens is 5. The van der Waals surface area contributed by atoms with E-state index in [0.717, 1.165) is 52.8 Å². The molecule has 9 nitrogen and oxygen atoms in total. The number of benzene rings is 2. The van der Waals surface area contributed by atoms with Crippen molar-refractivity contribution in [3.05, 3.63) is 64.7 Å². The van der Waals surface area contributed by atoms with Gasteiger partial charge in [-0.3, -0.25) is 4.79 Å². The maximum absolute atomic E-state index is 12.7. The number of hydrogen-bond acceptors (Lipinski definition) is 9. The topological polar surface area (TPSA) is 112 Å². The normalized spacial score (nSPS) is 12.9. The predicted molar refractivity (Wildman–Crippen MR) is 141 cm³/mol. The molecule has 0 bridgehead atoms. The molecular formula is C27H28N6O3S. The lowest BCUT2D eigenvalue weighted by atomic mass is 9.98. The number of ether oxygens (including phenoxy) is 1. The Morgan fingerprint density at radius 1 is 1.08 bits per heavy atom. The highest BCUT2D eigenvalue weighted by Crippen LogP contribution is 2.34. The number of nitrogens with one attached hydrogen (secondary N) is 1. The molecule has 0 aliphatic heterocycles. The first-order valence-corrected chi connectivity index (χ1v) is 13.3. The van der Waals surface area contributed by atoms with Crippen molar-refractivity contribution in [3.8, 4) is 22.5 Å².